The zero-order chi connectivity index (χ0) is 20.5. The predicted octanol–water partition coefficient (Wildman–Crippen LogP) is 1.59. The van der Waals surface area contributed by atoms with Crippen molar-refractivity contribution in [1.82, 2.24) is 10.4 Å². The van der Waals surface area contributed by atoms with Crippen LogP contribution in [0.5, 0.6) is 0 Å². The van der Waals surface area contributed by atoms with E-state index < -0.39 is 33.3 Å². The van der Waals surface area contributed by atoms with Gasteiger partial charge in [-0.3, -0.25) is 10.1 Å². The molecule has 0 saturated carbocycles. The number of carbonyl (C=O) groups is 1. The Bertz CT molecular complexity index is 1010. The number of hydrazine groups is 1. The number of para-hydroxylation sites is 1. The monoisotopic (exact) mass is 431 g/mol. The third-order valence-electron chi connectivity index (χ3n) is 3.61. The van der Waals surface area contributed by atoms with Crippen LogP contribution in [0.3, 0.4) is 0 Å². The van der Waals surface area contributed by atoms with Gasteiger partial charge in [0.05, 0.1) is 30.0 Å². The molecule has 0 fully saturated rings. The standard InChI is InChI=1S/C15H15ClFN5O5S/c1-3-27-15-18-10(17)7-11-19-14(20-22(11)15)28(24,25)21-12-8(13(23)26-2)5-4-6-9(12)16/h4-7,11,21H,3H2,1-2H3,(H,19,20). The Kier molecular flexibility index (Phi) is 5.42. The molecule has 2 N–H and O–H groups in total. The Hall–Kier alpha value is -2.86. The van der Waals surface area contributed by atoms with Gasteiger partial charge in [0.25, 0.3) is 15.2 Å². The first kappa shape index (κ1) is 19.9. The van der Waals surface area contributed by atoms with E-state index in [0.29, 0.717) is 0 Å². The van der Waals surface area contributed by atoms with Crippen LogP contribution in [0.4, 0.5) is 10.1 Å². The third-order valence-corrected chi connectivity index (χ3v) is 5.10. The quantitative estimate of drug-likeness (QED) is 0.548. The molecule has 0 amide bonds. The van der Waals surface area contributed by atoms with Gasteiger partial charge in [-0.25, -0.2) is 14.8 Å². The van der Waals surface area contributed by atoms with Crippen LogP contribution < -0.4 is 10.1 Å². The van der Waals surface area contributed by atoms with Crippen LogP contribution >= 0.6 is 11.6 Å². The van der Waals surface area contributed by atoms with E-state index in [-0.39, 0.29) is 28.9 Å². The summed E-state index contributed by atoms with van der Waals surface area (Å²) in [6.07, 6.45) is -0.00936. The fourth-order valence-corrected chi connectivity index (χ4v) is 3.73. The lowest BCUT2D eigenvalue weighted by molar-refractivity contribution is 0.0602. The second kappa shape index (κ2) is 7.64. The smallest absolute Gasteiger partial charge is 0.340 e. The van der Waals surface area contributed by atoms with Gasteiger partial charge in [-0.1, -0.05) is 17.7 Å². The molecule has 3 rings (SSSR count). The minimum absolute atomic E-state index is 0.0229. The van der Waals surface area contributed by atoms with Crippen molar-refractivity contribution in [3.05, 3.63) is 40.8 Å². The molecule has 0 aromatic heterocycles. The SMILES string of the molecule is CCOC1=NC(F)=CC2N=C(S(=O)(=O)Nc3c(Cl)cccc3C(=O)OC)NN12. The summed E-state index contributed by atoms with van der Waals surface area (Å²) in [5.74, 6) is -1.64. The Morgan fingerprint density at radius 2 is 2.21 bits per heavy atom. The maximum absolute atomic E-state index is 13.6. The highest BCUT2D eigenvalue weighted by Crippen LogP contribution is 2.28. The minimum atomic E-state index is -4.32. The van der Waals surface area contributed by atoms with Gasteiger partial charge in [0.1, 0.15) is 0 Å². The molecule has 1 atom stereocenters. The van der Waals surface area contributed by atoms with E-state index >= 15 is 0 Å². The molecule has 0 bridgehead atoms. The summed E-state index contributed by atoms with van der Waals surface area (Å²) in [4.78, 5) is 19.4. The lowest BCUT2D eigenvalue weighted by atomic mass is 10.2. The molecular formula is C15H15ClFN5O5S. The van der Waals surface area contributed by atoms with E-state index in [1.165, 1.54) is 18.2 Å². The van der Waals surface area contributed by atoms with Gasteiger partial charge >= 0.3 is 12.0 Å². The van der Waals surface area contributed by atoms with Crippen LogP contribution in [-0.4, -0.2) is 50.5 Å². The molecule has 1 aromatic rings. The zero-order valence-corrected chi connectivity index (χ0v) is 16.2. The van der Waals surface area contributed by atoms with Crippen LogP contribution in [0.25, 0.3) is 0 Å². The molecule has 28 heavy (non-hydrogen) atoms. The van der Waals surface area contributed by atoms with Crippen molar-refractivity contribution in [3.8, 4) is 0 Å². The van der Waals surface area contributed by atoms with E-state index in [1.807, 2.05) is 0 Å². The van der Waals surface area contributed by atoms with E-state index in [4.69, 9.17) is 16.3 Å². The Morgan fingerprint density at radius 1 is 1.46 bits per heavy atom. The molecule has 10 nitrogen and oxygen atoms in total. The second-order valence-electron chi connectivity index (χ2n) is 5.41. The number of esters is 1. The molecule has 1 aromatic carbocycles. The van der Waals surface area contributed by atoms with Crippen LogP contribution in [-0.2, 0) is 19.5 Å². The highest BCUT2D eigenvalue weighted by Gasteiger charge is 2.38. The van der Waals surface area contributed by atoms with Crippen molar-refractivity contribution in [3.63, 3.8) is 0 Å². The van der Waals surface area contributed by atoms with Gasteiger partial charge < -0.3 is 9.47 Å². The van der Waals surface area contributed by atoms with Crippen LogP contribution in [0.15, 0.2) is 40.2 Å². The summed E-state index contributed by atoms with van der Waals surface area (Å²) in [7, 11) is -3.17. The highest BCUT2D eigenvalue weighted by atomic mass is 35.5. The number of methoxy groups -OCH3 is 1. The van der Waals surface area contributed by atoms with Gasteiger partial charge in [0.2, 0.25) is 5.95 Å². The summed E-state index contributed by atoms with van der Waals surface area (Å²) in [6, 6.07) is 4.04. The minimum Gasteiger partial charge on any atom is -0.465 e. The van der Waals surface area contributed by atoms with E-state index in [1.54, 1.807) is 6.92 Å². The maximum Gasteiger partial charge on any atom is 0.340 e. The number of rotatable bonds is 4. The summed E-state index contributed by atoms with van der Waals surface area (Å²) in [5, 5.41) is 0.589. The fourth-order valence-electron chi connectivity index (χ4n) is 2.41. The van der Waals surface area contributed by atoms with Crippen LogP contribution in [0.1, 0.15) is 17.3 Å². The number of ether oxygens (including phenoxy) is 2. The van der Waals surface area contributed by atoms with Gasteiger partial charge in [-0.05, 0) is 19.1 Å². The average molecular weight is 432 g/mol. The van der Waals surface area contributed by atoms with Crippen molar-refractivity contribution in [1.29, 1.82) is 0 Å². The molecule has 0 aliphatic carbocycles. The number of sulfonamides is 1. The summed E-state index contributed by atoms with van der Waals surface area (Å²) in [5.41, 5.74) is 2.24. The van der Waals surface area contributed by atoms with Crippen LogP contribution in [0.2, 0.25) is 5.02 Å². The Balaban J connectivity index is 1.91. The number of amidine groups is 2. The number of carbonyl (C=O) groups excluding carboxylic acids is 1. The number of hydrogen-bond donors (Lipinski definition) is 2. The topological polar surface area (TPSA) is 122 Å². The van der Waals surface area contributed by atoms with Gasteiger partial charge in [-0.2, -0.15) is 17.8 Å². The lowest BCUT2D eigenvalue weighted by Crippen LogP contribution is -2.49. The first-order chi connectivity index (χ1) is 13.3. The molecule has 2 aliphatic heterocycles. The van der Waals surface area contributed by atoms with Gasteiger partial charge in [-0.15, -0.1) is 0 Å². The fraction of sp³-hybridized carbons (Fsp3) is 0.267. The number of fused-ring (bicyclic) bond motifs is 1. The molecule has 0 radical (unpaired) electrons. The van der Waals surface area contributed by atoms with E-state index in [9.17, 15) is 17.6 Å². The largest absolute Gasteiger partial charge is 0.465 e. The number of hydrogen-bond acceptors (Lipinski definition) is 9. The van der Waals surface area contributed by atoms with Crippen molar-refractivity contribution < 1.29 is 27.1 Å². The van der Waals surface area contributed by atoms with Crippen molar-refractivity contribution >= 4 is 44.5 Å². The highest BCUT2D eigenvalue weighted by molar-refractivity contribution is 8.07. The maximum atomic E-state index is 13.6. The zero-order valence-electron chi connectivity index (χ0n) is 14.6. The van der Waals surface area contributed by atoms with E-state index in [2.05, 4.69) is 24.9 Å². The molecule has 2 heterocycles. The molecule has 1 unspecified atom stereocenters. The Morgan fingerprint density at radius 3 is 2.89 bits per heavy atom. The van der Waals surface area contributed by atoms with Gasteiger partial charge in [0.15, 0.2) is 6.17 Å². The molecule has 13 heteroatoms. The lowest BCUT2D eigenvalue weighted by Gasteiger charge is -2.25. The molecule has 0 saturated heterocycles. The summed E-state index contributed by atoms with van der Waals surface area (Å²) >= 11 is 6.04. The van der Waals surface area contributed by atoms with Crippen molar-refractivity contribution in [2.45, 2.75) is 13.1 Å². The van der Waals surface area contributed by atoms with Crippen molar-refractivity contribution in [2.75, 3.05) is 18.4 Å². The molecule has 0 spiro atoms. The molecule has 150 valence electrons. The van der Waals surface area contributed by atoms with Gasteiger partial charge in [0, 0.05) is 6.08 Å². The summed E-state index contributed by atoms with van der Waals surface area (Å²) in [6.45, 7) is 1.84. The van der Waals surface area contributed by atoms with Crippen molar-refractivity contribution in [2.24, 2.45) is 9.98 Å². The Labute approximate surface area is 164 Å². The first-order valence-corrected chi connectivity index (χ1v) is 9.75. The molecule has 2 aliphatic rings. The number of benzene rings is 1. The number of halogens is 2. The second-order valence-corrected chi connectivity index (χ2v) is 7.41. The predicted molar refractivity (Wildman–Crippen MR) is 99.8 cm³/mol. The third kappa shape index (κ3) is 3.73. The first-order valence-electron chi connectivity index (χ1n) is 7.89. The number of nitrogens with one attached hydrogen (secondary N) is 2. The normalized spacial score (nSPS) is 18.4. The number of anilines is 1. The van der Waals surface area contributed by atoms with Crippen LogP contribution in [0, 0.1) is 0 Å². The number of aliphatic imine (C=N–C) groups is 2. The average Bonchev–Trinajstić information content (AvgIpc) is 3.08. The van der Waals surface area contributed by atoms with E-state index in [0.717, 1.165) is 18.2 Å². The molecular weight excluding hydrogens is 417 g/mol. The summed E-state index contributed by atoms with van der Waals surface area (Å²) < 4.78 is 51.2. The number of nitrogens with zero attached hydrogens (tertiary/aromatic N) is 3.